The number of benzene rings is 1. The minimum Gasteiger partial charge on any atom is -0.311 e. The highest BCUT2D eigenvalue weighted by Crippen LogP contribution is 2.19. The lowest BCUT2D eigenvalue weighted by Gasteiger charge is -2.43. The van der Waals surface area contributed by atoms with Crippen molar-refractivity contribution in [3.05, 3.63) is 35.9 Å². The second-order valence-corrected chi connectivity index (χ2v) is 6.53. The van der Waals surface area contributed by atoms with Crippen molar-refractivity contribution in [3.63, 3.8) is 0 Å². The predicted octanol–water partition coefficient (Wildman–Crippen LogP) is 3.86. The lowest BCUT2D eigenvalue weighted by Crippen LogP contribution is -2.58. The van der Waals surface area contributed by atoms with Crippen LogP contribution in [0, 0.1) is 0 Å². The summed E-state index contributed by atoms with van der Waals surface area (Å²) in [4.78, 5) is 2.76. The maximum Gasteiger partial charge on any atom is 0.0221 e. The van der Waals surface area contributed by atoms with Gasteiger partial charge in [-0.2, -0.15) is 0 Å². The molecule has 0 aliphatic carbocycles. The Kier molecular flexibility index (Phi) is 6.72. The first-order chi connectivity index (χ1) is 10.2. The first-order valence-corrected chi connectivity index (χ1v) is 8.77. The second kappa shape index (κ2) is 8.55. The van der Waals surface area contributed by atoms with Crippen LogP contribution in [0.25, 0.3) is 0 Å². The molecule has 0 bridgehead atoms. The van der Waals surface area contributed by atoms with Gasteiger partial charge in [0.1, 0.15) is 0 Å². The summed E-state index contributed by atoms with van der Waals surface area (Å²) in [5.74, 6) is 0. The molecule has 2 heteroatoms. The van der Waals surface area contributed by atoms with Gasteiger partial charge >= 0.3 is 0 Å². The van der Waals surface area contributed by atoms with E-state index in [4.69, 9.17) is 0 Å². The van der Waals surface area contributed by atoms with Crippen molar-refractivity contribution in [1.29, 1.82) is 0 Å². The van der Waals surface area contributed by atoms with Gasteiger partial charge in [0.15, 0.2) is 0 Å². The number of hydrogen-bond acceptors (Lipinski definition) is 2. The van der Waals surface area contributed by atoms with Crippen molar-refractivity contribution >= 4 is 0 Å². The fourth-order valence-electron chi connectivity index (χ4n) is 3.53. The first-order valence-electron chi connectivity index (χ1n) is 8.77. The van der Waals surface area contributed by atoms with E-state index in [0.717, 1.165) is 6.54 Å². The Morgan fingerprint density at radius 1 is 1.24 bits per heavy atom. The molecule has 1 N–H and O–H groups in total. The third-order valence-corrected chi connectivity index (χ3v) is 4.91. The highest BCUT2D eigenvalue weighted by atomic mass is 15.2. The molecule has 1 saturated heterocycles. The first kappa shape index (κ1) is 16.5. The summed E-state index contributed by atoms with van der Waals surface area (Å²) >= 11 is 0. The number of piperazine rings is 1. The monoisotopic (exact) mass is 288 g/mol. The smallest absolute Gasteiger partial charge is 0.0221 e. The normalized spacial score (nSPS) is 24.9. The molecule has 2 rings (SSSR count). The topological polar surface area (TPSA) is 15.3 Å². The largest absolute Gasteiger partial charge is 0.311 e. The van der Waals surface area contributed by atoms with Gasteiger partial charge < -0.3 is 5.32 Å². The van der Waals surface area contributed by atoms with E-state index in [2.05, 4.69) is 61.3 Å². The van der Waals surface area contributed by atoms with Crippen LogP contribution in [0.3, 0.4) is 0 Å². The van der Waals surface area contributed by atoms with Crippen molar-refractivity contribution in [2.75, 3.05) is 13.1 Å². The van der Waals surface area contributed by atoms with Gasteiger partial charge in [-0.3, -0.25) is 4.90 Å². The molecular formula is C19H32N2. The summed E-state index contributed by atoms with van der Waals surface area (Å²) < 4.78 is 0. The van der Waals surface area contributed by atoms with Gasteiger partial charge in [0.2, 0.25) is 0 Å². The van der Waals surface area contributed by atoms with Crippen LogP contribution in [0.15, 0.2) is 30.3 Å². The van der Waals surface area contributed by atoms with Crippen molar-refractivity contribution < 1.29 is 0 Å². The molecule has 1 aromatic rings. The summed E-state index contributed by atoms with van der Waals surface area (Å²) in [6.45, 7) is 9.42. The van der Waals surface area contributed by atoms with Crippen LogP contribution in [-0.2, 0) is 6.42 Å². The van der Waals surface area contributed by atoms with Crippen LogP contribution in [0.4, 0.5) is 0 Å². The lowest BCUT2D eigenvalue weighted by molar-refractivity contribution is 0.0798. The number of rotatable bonds is 7. The third-order valence-electron chi connectivity index (χ3n) is 4.91. The van der Waals surface area contributed by atoms with E-state index in [1.807, 2.05) is 0 Å². The molecule has 0 saturated carbocycles. The van der Waals surface area contributed by atoms with Crippen LogP contribution in [0.5, 0.6) is 0 Å². The van der Waals surface area contributed by atoms with Gasteiger partial charge in [0.25, 0.3) is 0 Å². The van der Waals surface area contributed by atoms with Crippen LogP contribution in [0.2, 0.25) is 0 Å². The molecule has 1 aliphatic heterocycles. The van der Waals surface area contributed by atoms with E-state index in [9.17, 15) is 0 Å². The molecular weight excluding hydrogens is 256 g/mol. The SMILES string of the molecule is CCCC1CN(C(C)CCc2ccccc2)C(CC)CN1. The Labute approximate surface area is 130 Å². The highest BCUT2D eigenvalue weighted by molar-refractivity contribution is 5.14. The van der Waals surface area contributed by atoms with Gasteiger partial charge in [-0.15, -0.1) is 0 Å². The maximum atomic E-state index is 3.74. The van der Waals surface area contributed by atoms with E-state index >= 15 is 0 Å². The third kappa shape index (κ3) is 4.82. The van der Waals surface area contributed by atoms with Gasteiger partial charge in [0.05, 0.1) is 0 Å². The van der Waals surface area contributed by atoms with Gasteiger partial charge in [-0.05, 0) is 38.2 Å². The molecule has 1 heterocycles. The van der Waals surface area contributed by atoms with Crippen molar-refractivity contribution in [2.45, 2.75) is 71.0 Å². The molecule has 0 radical (unpaired) electrons. The number of nitrogens with one attached hydrogen (secondary N) is 1. The Morgan fingerprint density at radius 3 is 2.67 bits per heavy atom. The zero-order valence-electron chi connectivity index (χ0n) is 14.0. The summed E-state index contributed by atoms with van der Waals surface area (Å²) in [5, 5.41) is 3.74. The Balaban J connectivity index is 1.89. The molecule has 21 heavy (non-hydrogen) atoms. The average Bonchev–Trinajstić information content (AvgIpc) is 2.54. The van der Waals surface area contributed by atoms with Crippen LogP contribution >= 0.6 is 0 Å². The average molecular weight is 288 g/mol. The van der Waals surface area contributed by atoms with E-state index in [1.54, 1.807) is 0 Å². The highest BCUT2D eigenvalue weighted by Gasteiger charge is 2.29. The molecule has 0 amide bonds. The molecule has 1 aromatic carbocycles. The van der Waals surface area contributed by atoms with Gasteiger partial charge in [0, 0.05) is 31.2 Å². The summed E-state index contributed by atoms with van der Waals surface area (Å²) in [5.41, 5.74) is 1.47. The maximum absolute atomic E-state index is 3.74. The van der Waals surface area contributed by atoms with E-state index in [-0.39, 0.29) is 0 Å². The van der Waals surface area contributed by atoms with Gasteiger partial charge in [-0.25, -0.2) is 0 Å². The molecule has 1 fully saturated rings. The zero-order chi connectivity index (χ0) is 15.1. The van der Waals surface area contributed by atoms with Crippen LogP contribution in [0.1, 0.15) is 52.0 Å². The van der Waals surface area contributed by atoms with Crippen molar-refractivity contribution in [2.24, 2.45) is 0 Å². The zero-order valence-corrected chi connectivity index (χ0v) is 14.0. The molecule has 1 aliphatic rings. The Morgan fingerprint density at radius 2 is 2.00 bits per heavy atom. The summed E-state index contributed by atoms with van der Waals surface area (Å²) in [6.07, 6.45) is 6.29. The summed E-state index contributed by atoms with van der Waals surface area (Å²) in [6, 6.07) is 13.0. The number of hydrogen-bond donors (Lipinski definition) is 1. The van der Waals surface area contributed by atoms with E-state index < -0.39 is 0 Å². The standard InChI is InChI=1S/C19H32N2/c1-4-9-18-15-21(19(5-2)14-20-18)16(3)12-13-17-10-7-6-8-11-17/h6-8,10-11,16,18-20H,4-5,9,12-15H2,1-3H3. The fraction of sp³-hybridized carbons (Fsp3) is 0.684. The molecule has 3 unspecified atom stereocenters. The lowest BCUT2D eigenvalue weighted by atomic mass is 9.98. The second-order valence-electron chi connectivity index (χ2n) is 6.53. The molecule has 118 valence electrons. The number of aryl methyl sites for hydroxylation is 1. The van der Waals surface area contributed by atoms with Crippen molar-refractivity contribution in [1.82, 2.24) is 10.2 Å². The molecule has 0 spiro atoms. The predicted molar refractivity (Wildman–Crippen MR) is 91.7 cm³/mol. The van der Waals surface area contributed by atoms with Gasteiger partial charge in [-0.1, -0.05) is 50.6 Å². The Hall–Kier alpha value is -0.860. The van der Waals surface area contributed by atoms with E-state index in [0.29, 0.717) is 18.1 Å². The molecule has 3 atom stereocenters. The number of nitrogens with zero attached hydrogens (tertiary/aromatic N) is 1. The van der Waals surface area contributed by atoms with E-state index in [1.165, 1.54) is 44.2 Å². The molecule has 0 aromatic heterocycles. The quantitative estimate of drug-likeness (QED) is 0.819. The van der Waals surface area contributed by atoms with Crippen molar-refractivity contribution in [3.8, 4) is 0 Å². The fourth-order valence-corrected chi connectivity index (χ4v) is 3.53. The minimum absolute atomic E-state index is 0.677. The van der Waals surface area contributed by atoms with Crippen LogP contribution in [-0.4, -0.2) is 36.1 Å². The minimum atomic E-state index is 0.677. The summed E-state index contributed by atoms with van der Waals surface area (Å²) in [7, 11) is 0. The van der Waals surface area contributed by atoms with Crippen LogP contribution < -0.4 is 5.32 Å². The Bertz CT molecular complexity index is 390. The molecule has 2 nitrogen and oxygen atoms in total.